The van der Waals surface area contributed by atoms with E-state index in [1.165, 1.54) is 0 Å². The van der Waals surface area contributed by atoms with Crippen molar-refractivity contribution in [1.29, 1.82) is 0 Å². The van der Waals surface area contributed by atoms with Crippen molar-refractivity contribution in [2.45, 2.75) is 33.7 Å². The molecule has 0 aromatic carbocycles. The van der Waals surface area contributed by atoms with Gasteiger partial charge in [-0.2, -0.15) is 0 Å². The van der Waals surface area contributed by atoms with Gasteiger partial charge in [-0.1, -0.05) is 13.8 Å². The summed E-state index contributed by atoms with van der Waals surface area (Å²) in [4.78, 5) is 15.7. The molecule has 1 heterocycles. The van der Waals surface area contributed by atoms with Gasteiger partial charge in [0.05, 0.1) is 0 Å². The fourth-order valence-electron chi connectivity index (χ4n) is 1.29. The molecule has 4 nitrogen and oxygen atoms in total. The fourth-order valence-corrected chi connectivity index (χ4v) is 2.03. The van der Waals surface area contributed by atoms with Gasteiger partial charge < -0.3 is 10.6 Å². The van der Waals surface area contributed by atoms with Gasteiger partial charge in [-0.3, -0.25) is 4.79 Å². The standard InChI is InChI=1S/C12H21N3OS/c1-9(2)6-14-11(16)4-5-13-7-12-15-10(3)8-17-12/h8-9,13H,4-7H2,1-3H3,(H,14,16). The Morgan fingerprint density at radius 3 is 2.88 bits per heavy atom. The summed E-state index contributed by atoms with van der Waals surface area (Å²) in [5.41, 5.74) is 1.06. The Balaban J connectivity index is 2.06. The quantitative estimate of drug-likeness (QED) is 0.729. The minimum Gasteiger partial charge on any atom is -0.356 e. The molecule has 0 saturated heterocycles. The van der Waals surface area contributed by atoms with E-state index in [0.717, 1.165) is 23.8 Å². The van der Waals surface area contributed by atoms with Crippen LogP contribution in [0.2, 0.25) is 0 Å². The highest BCUT2D eigenvalue weighted by molar-refractivity contribution is 7.09. The SMILES string of the molecule is Cc1csc(CNCCC(=O)NCC(C)C)n1. The number of hydrogen-bond acceptors (Lipinski definition) is 4. The zero-order valence-corrected chi connectivity index (χ0v) is 11.6. The van der Waals surface area contributed by atoms with Crippen LogP contribution in [0.3, 0.4) is 0 Å². The summed E-state index contributed by atoms with van der Waals surface area (Å²) in [5.74, 6) is 0.617. The molecule has 96 valence electrons. The van der Waals surface area contributed by atoms with Crippen LogP contribution in [-0.4, -0.2) is 24.0 Å². The lowest BCUT2D eigenvalue weighted by Crippen LogP contribution is -2.30. The highest BCUT2D eigenvalue weighted by atomic mass is 32.1. The third kappa shape index (κ3) is 6.38. The van der Waals surface area contributed by atoms with E-state index in [1.807, 2.05) is 12.3 Å². The molecule has 0 aliphatic carbocycles. The monoisotopic (exact) mass is 255 g/mol. The van der Waals surface area contributed by atoms with E-state index in [4.69, 9.17) is 0 Å². The maximum Gasteiger partial charge on any atom is 0.221 e. The molecule has 0 saturated carbocycles. The molecule has 1 aromatic heterocycles. The van der Waals surface area contributed by atoms with Crippen LogP contribution in [0.1, 0.15) is 31.0 Å². The fraction of sp³-hybridized carbons (Fsp3) is 0.667. The number of rotatable bonds is 7. The Bertz CT molecular complexity index is 349. The van der Waals surface area contributed by atoms with Gasteiger partial charge in [-0.15, -0.1) is 11.3 Å². The largest absolute Gasteiger partial charge is 0.356 e. The number of nitrogens with zero attached hydrogens (tertiary/aromatic N) is 1. The molecule has 0 fully saturated rings. The summed E-state index contributed by atoms with van der Waals surface area (Å²) in [6.07, 6.45) is 0.525. The van der Waals surface area contributed by atoms with Crippen molar-refractivity contribution in [3.05, 3.63) is 16.1 Å². The van der Waals surface area contributed by atoms with Crippen LogP contribution < -0.4 is 10.6 Å². The number of amides is 1. The van der Waals surface area contributed by atoms with Crippen molar-refractivity contribution in [3.63, 3.8) is 0 Å². The predicted molar refractivity (Wildman–Crippen MR) is 71.0 cm³/mol. The molecule has 1 rings (SSSR count). The van der Waals surface area contributed by atoms with Crippen molar-refractivity contribution < 1.29 is 4.79 Å². The second-order valence-electron chi connectivity index (χ2n) is 4.51. The Morgan fingerprint density at radius 1 is 1.53 bits per heavy atom. The molecule has 0 aliphatic heterocycles. The highest BCUT2D eigenvalue weighted by Crippen LogP contribution is 2.07. The highest BCUT2D eigenvalue weighted by Gasteiger charge is 2.02. The van der Waals surface area contributed by atoms with Gasteiger partial charge in [0.2, 0.25) is 5.91 Å². The lowest BCUT2D eigenvalue weighted by Gasteiger charge is -2.07. The molecule has 0 spiro atoms. The lowest BCUT2D eigenvalue weighted by molar-refractivity contribution is -0.121. The van der Waals surface area contributed by atoms with Crippen LogP contribution in [-0.2, 0) is 11.3 Å². The number of carbonyl (C=O) groups excluding carboxylic acids is 1. The average Bonchev–Trinajstić information content (AvgIpc) is 2.68. The summed E-state index contributed by atoms with van der Waals surface area (Å²) in [7, 11) is 0. The second kappa shape index (κ2) is 7.40. The molecule has 1 aromatic rings. The lowest BCUT2D eigenvalue weighted by atomic mass is 10.2. The Morgan fingerprint density at radius 2 is 2.29 bits per heavy atom. The van der Waals surface area contributed by atoms with Crippen molar-refractivity contribution >= 4 is 17.2 Å². The number of aromatic nitrogens is 1. The van der Waals surface area contributed by atoms with Gasteiger partial charge in [-0.25, -0.2) is 4.98 Å². The first-order valence-electron chi connectivity index (χ1n) is 5.96. The van der Waals surface area contributed by atoms with Crippen molar-refractivity contribution in [3.8, 4) is 0 Å². The van der Waals surface area contributed by atoms with E-state index in [0.29, 0.717) is 18.9 Å². The normalized spacial score (nSPS) is 10.8. The molecular weight excluding hydrogens is 234 g/mol. The number of aryl methyl sites for hydroxylation is 1. The van der Waals surface area contributed by atoms with E-state index < -0.39 is 0 Å². The minimum absolute atomic E-state index is 0.113. The number of nitrogens with one attached hydrogen (secondary N) is 2. The number of carbonyl (C=O) groups is 1. The van der Waals surface area contributed by atoms with Gasteiger partial charge >= 0.3 is 0 Å². The topological polar surface area (TPSA) is 54.0 Å². The molecule has 0 aliphatic rings. The van der Waals surface area contributed by atoms with Crippen LogP contribution in [0.5, 0.6) is 0 Å². The second-order valence-corrected chi connectivity index (χ2v) is 5.45. The molecule has 5 heteroatoms. The van der Waals surface area contributed by atoms with E-state index in [9.17, 15) is 4.79 Å². The smallest absolute Gasteiger partial charge is 0.221 e. The van der Waals surface area contributed by atoms with Gasteiger partial charge in [0.1, 0.15) is 5.01 Å². The maximum absolute atomic E-state index is 11.4. The first kappa shape index (κ1) is 14.1. The first-order valence-corrected chi connectivity index (χ1v) is 6.84. The van der Waals surface area contributed by atoms with Crippen LogP contribution in [0.4, 0.5) is 0 Å². The van der Waals surface area contributed by atoms with Gasteiger partial charge in [0.15, 0.2) is 0 Å². The summed E-state index contributed by atoms with van der Waals surface area (Å²) in [6.45, 7) is 8.36. The summed E-state index contributed by atoms with van der Waals surface area (Å²) >= 11 is 1.65. The van der Waals surface area contributed by atoms with Crippen molar-refractivity contribution in [1.82, 2.24) is 15.6 Å². The van der Waals surface area contributed by atoms with Gasteiger partial charge in [0.25, 0.3) is 0 Å². The van der Waals surface area contributed by atoms with Crippen LogP contribution in [0.15, 0.2) is 5.38 Å². The number of hydrogen-bond donors (Lipinski definition) is 2. The molecule has 1 amide bonds. The molecule has 0 unspecified atom stereocenters. The van der Waals surface area contributed by atoms with Crippen molar-refractivity contribution in [2.75, 3.05) is 13.1 Å². The predicted octanol–water partition coefficient (Wildman–Crippen LogP) is 1.70. The van der Waals surface area contributed by atoms with E-state index >= 15 is 0 Å². The Labute approximate surface area is 107 Å². The van der Waals surface area contributed by atoms with Crippen LogP contribution in [0.25, 0.3) is 0 Å². The molecular formula is C12H21N3OS. The zero-order chi connectivity index (χ0) is 12.7. The third-order valence-corrected chi connectivity index (χ3v) is 3.15. The maximum atomic E-state index is 11.4. The molecule has 0 bridgehead atoms. The van der Waals surface area contributed by atoms with Crippen LogP contribution >= 0.6 is 11.3 Å². The Kier molecular flexibility index (Phi) is 6.15. The summed E-state index contributed by atoms with van der Waals surface area (Å²) in [6, 6.07) is 0. The number of thiazole rings is 1. The van der Waals surface area contributed by atoms with Crippen molar-refractivity contribution in [2.24, 2.45) is 5.92 Å². The molecule has 17 heavy (non-hydrogen) atoms. The van der Waals surface area contributed by atoms with Crippen LogP contribution in [0, 0.1) is 12.8 Å². The minimum atomic E-state index is 0.113. The molecule has 2 N–H and O–H groups in total. The molecule has 0 radical (unpaired) electrons. The zero-order valence-electron chi connectivity index (χ0n) is 10.7. The third-order valence-electron chi connectivity index (χ3n) is 2.18. The van der Waals surface area contributed by atoms with Gasteiger partial charge in [-0.05, 0) is 12.8 Å². The molecule has 0 atom stereocenters. The van der Waals surface area contributed by atoms with E-state index in [-0.39, 0.29) is 5.91 Å². The average molecular weight is 255 g/mol. The summed E-state index contributed by atoms with van der Waals surface area (Å²) < 4.78 is 0. The van der Waals surface area contributed by atoms with E-state index in [2.05, 4.69) is 29.5 Å². The van der Waals surface area contributed by atoms with Gasteiger partial charge in [0, 0.05) is 37.1 Å². The summed E-state index contributed by atoms with van der Waals surface area (Å²) in [5, 5.41) is 9.22. The first-order chi connectivity index (χ1) is 8.08. The van der Waals surface area contributed by atoms with E-state index in [1.54, 1.807) is 11.3 Å². The Hall–Kier alpha value is -0.940.